The van der Waals surface area contributed by atoms with E-state index in [0.29, 0.717) is 0 Å². The molecule has 40 valence electrons. The van der Waals surface area contributed by atoms with Gasteiger partial charge in [-0.15, -0.1) is 0 Å². The second-order valence-corrected chi connectivity index (χ2v) is 1.50. The van der Waals surface area contributed by atoms with Crippen molar-refractivity contribution in [2.45, 2.75) is 0 Å². The van der Waals surface area contributed by atoms with Gasteiger partial charge in [-0.3, -0.25) is 0 Å². The molecule has 0 aromatic carbocycles. The third-order valence-electron chi connectivity index (χ3n) is 0. The summed E-state index contributed by atoms with van der Waals surface area (Å²) >= 11 is 0. The van der Waals surface area contributed by atoms with Crippen molar-refractivity contribution in [1.29, 1.82) is 0 Å². The predicted molar refractivity (Wildman–Crippen MR) is 11.5 cm³/mol. The molecule has 0 aliphatic carbocycles. The van der Waals surface area contributed by atoms with Crippen LogP contribution in [-0.2, 0) is 16.5 Å². The van der Waals surface area contributed by atoms with Crippen LogP contribution in [0.4, 0.5) is 0 Å². The molecule has 0 atom stereocenters. The smallest absolute Gasteiger partial charge is 0.894 e. The molecule has 0 saturated heterocycles. The van der Waals surface area contributed by atoms with Crippen LogP contribution in [0.1, 0.15) is 0 Å². The molecule has 0 bridgehead atoms. The predicted octanol–water partition coefficient (Wildman–Crippen LogP) is -5.52. The molecule has 0 aliphatic heterocycles. The molecule has 7 heteroatoms. The molecule has 0 rings (SSSR count). The Balaban J connectivity index is -0.0000000800. The first-order valence-electron chi connectivity index (χ1n) is 0.816. The van der Waals surface area contributed by atoms with Crippen LogP contribution in [0.25, 0.3) is 0 Å². The average Bonchev–Trinajstić information content (AvgIpc) is 0.722. The minimum Gasteiger partial charge on any atom is -0.894 e. The third-order valence-corrected chi connectivity index (χ3v) is 0. The van der Waals surface area contributed by atoms with Gasteiger partial charge in [0.05, 0.1) is 0 Å². The Hall–Kier alpha value is 1.81. The van der Waals surface area contributed by atoms with Gasteiger partial charge in [0.1, 0.15) is 0 Å². The second-order valence-electron chi connectivity index (χ2n) is 0.500. The summed E-state index contributed by atoms with van der Waals surface area (Å²) < 4.78 is 0. The molecule has 0 radical (unpaired) electrons. The first kappa shape index (κ1) is 15.9. The van der Waals surface area contributed by atoms with Crippen molar-refractivity contribution in [3.8, 4) is 0 Å². The fourth-order valence-electron chi connectivity index (χ4n) is 0. The number of hydrogen-bond acceptors (Lipinski definition) is 4. The van der Waals surface area contributed by atoms with Crippen LogP contribution in [-0.4, -0.2) is 46.8 Å². The molecule has 7 heavy (non-hydrogen) atoms. The molecule has 0 aliphatic rings. The van der Waals surface area contributed by atoms with Gasteiger partial charge >= 0.3 is 54.2 Å². The normalized spacial score (nSPS) is 8.57. The van der Waals surface area contributed by atoms with E-state index in [1.165, 1.54) is 0 Å². The first-order chi connectivity index (χ1) is 2.00. The van der Waals surface area contributed by atoms with Gasteiger partial charge < -0.3 is 28.2 Å². The molecular weight excluding hydrogens is 191 g/mol. The Kier molecular flexibility index (Phi) is 13.5. The Labute approximate surface area is 81.6 Å². The van der Waals surface area contributed by atoms with Crippen molar-refractivity contribution in [3.05, 3.63) is 0 Å². The van der Waals surface area contributed by atoms with E-state index in [1.54, 1.807) is 0 Å². The zero-order chi connectivity index (χ0) is 4.50. The number of rotatable bonds is 0. The minimum atomic E-state index is -5.61. The van der Waals surface area contributed by atoms with E-state index in [2.05, 4.69) is 0 Å². The summed E-state index contributed by atoms with van der Waals surface area (Å²) in [5.41, 5.74) is 0. The summed E-state index contributed by atoms with van der Waals surface area (Å²) in [6, 6.07) is 0. The summed E-state index contributed by atoms with van der Waals surface area (Å²) in [6.07, 6.45) is 0. The van der Waals surface area contributed by atoms with Gasteiger partial charge in [0.2, 0.25) is 0 Å². The molecule has 0 aromatic rings. The third kappa shape index (κ3) is 80.5. The van der Waals surface area contributed by atoms with Crippen LogP contribution in [0.3, 0.4) is 0 Å². The van der Waals surface area contributed by atoms with Gasteiger partial charge in [0.15, 0.2) is 0 Å². The van der Waals surface area contributed by atoms with E-state index in [1.807, 2.05) is 0 Å². The average molecular weight is 191 g/mol. The van der Waals surface area contributed by atoms with Crippen molar-refractivity contribution >= 4 is 46.8 Å². The van der Waals surface area contributed by atoms with E-state index < -0.39 is 9.05 Å². The Morgan fingerprint density at radius 2 is 0.857 bits per heavy atom. The van der Waals surface area contributed by atoms with E-state index >= 15 is 0 Å². The molecule has 0 amide bonds. The summed E-state index contributed by atoms with van der Waals surface area (Å²) in [6.45, 7) is 0. The van der Waals surface area contributed by atoms with Gasteiger partial charge in [-0.25, -0.2) is 0 Å². The van der Waals surface area contributed by atoms with Crippen molar-refractivity contribution in [2.24, 2.45) is 0 Å². The summed E-state index contributed by atoms with van der Waals surface area (Å²) in [4.78, 5) is 34.3. The Morgan fingerprint density at radius 1 is 0.857 bits per heavy atom. The molecular formula is CaNiO4Si. The maximum Gasteiger partial charge on any atom is 2.00 e. The quantitative estimate of drug-likeness (QED) is 0.357. The van der Waals surface area contributed by atoms with Gasteiger partial charge in [-0.2, -0.15) is 0 Å². The molecule has 0 heterocycles. The summed E-state index contributed by atoms with van der Waals surface area (Å²) in [5.74, 6) is 0. The van der Waals surface area contributed by atoms with Gasteiger partial charge in [0.25, 0.3) is 0 Å². The van der Waals surface area contributed by atoms with Crippen LogP contribution >= 0.6 is 0 Å². The Bertz CT molecular complexity index is 27.2. The minimum absolute atomic E-state index is 0. The van der Waals surface area contributed by atoms with E-state index in [9.17, 15) is 0 Å². The zero-order valence-electron chi connectivity index (χ0n) is 3.16. The number of hydrogen-bond donors (Lipinski definition) is 0. The van der Waals surface area contributed by atoms with Gasteiger partial charge in [0, 0.05) is 0 Å². The van der Waals surface area contributed by atoms with Crippen molar-refractivity contribution < 1.29 is 35.7 Å². The molecule has 0 N–H and O–H groups in total. The van der Waals surface area contributed by atoms with Crippen LogP contribution in [0.5, 0.6) is 0 Å². The zero-order valence-corrected chi connectivity index (χ0v) is 7.35. The van der Waals surface area contributed by atoms with Crippen molar-refractivity contribution in [1.82, 2.24) is 0 Å². The topological polar surface area (TPSA) is 92.2 Å². The largest absolute Gasteiger partial charge is 2.00 e. The Morgan fingerprint density at radius 3 is 0.857 bits per heavy atom. The molecule has 0 unspecified atom stereocenters. The van der Waals surface area contributed by atoms with E-state index in [4.69, 9.17) is 19.2 Å². The van der Waals surface area contributed by atoms with Crippen molar-refractivity contribution in [3.63, 3.8) is 0 Å². The fourth-order valence-corrected chi connectivity index (χ4v) is 0. The van der Waals surface area contributed by atoms with Crippen molar-refractivity contribution in [2.75, 3.05) is 0 Å². The maximum atomic E-state index is 8.58. The second kappa shape index (κ2) is 5.94. The van der Waals surface area contributed by atoms with Crippen LogP contribution < -0.4 is 19.2 Å². The molecule has 0 aromatic heterocycles. The van der Waals surface area contributed by atoms with Crippen LogP contribution in [0.2, 0.25) is 0 Å². The SMILES string of the molecule is [Ca+2].[Ni+2].[O-][Si]([O-])([O-])[O-]. The standard InChI is InChI=1S/Ca.Ni.O4Si/c;;1-5(2,3)4/q2*+2;-4. The fraction of sp³-hybridized carbons (Fsp3) is 0. The molecule has 0 spiro atoms. The summed E-state index contributed by atoms with van der Waals surface area (Å²) in [7, 11) is -5.61. The maximum absolute atomic E-state index is 8.58. The van der Waals surface area contributed by atoms with Gasteiger partial charge in [-0.05, 0) is 0 Å². The monoisotopic (exact) mass is 190 g/mol. The van der Waals surface area contributed by atoms with Gasteiger partial charge in [-0.1, -0.05) is 0 Å². The van der Waals surface area contributed by atoms with Crippen LogP contribution in [0.15, 0.2) is 0 Å². The first-order valence-corrected chi connectivity index (χ1v) is 2.45. The molecule has 0 fully saturated rings. The van der Waals surface area contributed by atoms with E-state index in [-0.39, 0.29) is 54.2 Å². The summed E-state index contributed by atoms with van der Waals surface area (Å²) in [5, 5.41) is 0. The molecule has 0 saturated carbocycles. The van der Waals surface area contributed by atoms with Crippen LogP contribution in [0, 0.1) is 0 Å². The van der Waals surface area contributed by atoms with E-state index in [0.717, 1.165) is 0 Å². The molecule has 4 nitrogen and oxygen atoms in total.